The van der Waals surface area contributed by atoms with E-state index in [-0.39, 0.29) is 22.3 Å². The van der Waals surface area contributed by atoms with Crippen molar-refractivity contribution in [1.82, 2.24) is 9.55 Å². The van der Waals surface area contributed by atoms with Gasteiger partial charge in [-0.25, -0.2) is 9.55 Å². The van der Waals surface area contributed by atoms with Gasteiger partial charge in [0.2, 0.25) is 0 Å². The molecular weight excluding hydrogens is 358 g/mol. The second-order valence-corrected chi connectivity index (χ2v) is 6.43. The zero-order chi connectivity index (χ0) is 18.7. The van der Waals surface area contributed by atoms with E-state index in [1.807, 2.05) is 0 Å². The number of nitrogens with zero attached hydrogens (tertiary/aromatic N) is 3. The smallest absolute Gasteiger partial charge is 0.293 e. The Morgan fingerprint density at radius 2 is 1.88 bits per heavy atom. The number of aliphatic hydroxyl groups excluding tert-OH is 2. The average Bonchev–Trinajstić information content (AvgIpc) is 2.66. The average molecular weight is 373 g/mol. The molecular formula is C17H15N3O5S. The van der Waals surface area contributed by atoms with Gasteiger partial charge in [0.15, 0.2) is 5.16 Å². The molecule has 1 aromatic heterocycles. The molecule has 0 aliphatic heterocycles. The number of fused-ring (bicyclic) bond motifs is 1. The maximum absolute atomic E-state index is 13.0. The molecule has 2 N–H and O–H groups in total. The van der Waals surface area contributed by atoms with E-state index in [2.05, 4.69) is 4.98 Å². The third-order valence-electron chi connectivity index (χ3n) is 3.68. The Morgan fingerprint density at radius 3 is 2.62 bits per heavy atom. The van der Waals surface area contributed by atoms with Crippen molar-refractivity contribution in [1.29, 1.82) is 0 Å². The molecule has 0 saturated carbocycles. The van der Waals surface area contributed by atoms with Crippen molar-refractivity contribution >= 4 is 28.4 Å². The molecule has 0 amide bonds. The molecule has 9 heteroatoms. The fourth-order valence-corrected chi connectivity index (χ4v) is 3.37. The fourth-order valence-electron chi connectivity index (χ4n) is 2.45. The maximum atomic E-state index is 13.0. The summed E-state index contributed by atoms with van der Waals surface area (Å²) in [4.78, 5) is 28.3. The lowest BCUT2D eigenvalue weighted by molar-refractivity contribution is -0.384. The van der Waals surface area contributed by atoms with E-state index in [4.69, 9.17) is 5.11 Å². The van der Waals surface area contributed by atoms with Crippen LogP contribution in [-0.4, -0.2) is 43.2 Å². The van der Waals surface area contributed by atoms with Gasteiger partial charge < -0.3 is 10.2 Å². The van der Waals surface area contributed by atoms with Crippen molar-refractivity contribution in [3.8, 4) is 5.69 Å². The van der Waals surface area contributed by atoms with Crippen molar-refractivity contribution in [3.05, 3.63) is 69.0 Å². The Labute approximate surface area is 151 Å². The van der Waals surface area contributed by atoms with Crippen molar-refractivity contribution < 1.29 is 15.1 Å². The molecule has 1 unspecified atom stereocenters. The monoisotopic (exact) mass is 373 g/mol. The lowest BCUT2D eigenvalue weighted by Crippen LogP contribution is -2.23. The van der Waals surface area contributed by atoms with Crippen LogP contribution in [0.25, 0.3) is 16.6 Å². The van der Waals surface area contributed by atoms with Crippen LogP contribution in [0.5, 0.6) is 0 Å². The van der Waals surface area contributed by atoms with E-state index in [0.29, 0.717) is 10.9 Å². The molecule has 0 aliphatic carbocycles. The van der Waals surface area contributed by atoms with Crippen LogP contribution >= 0.6 is 11.8 Å². The third kappa shape index (κ3) is 3.45. The van der Waals surface area contributed by atoms with E-state index in [0.717, 1.165) is 11.8 Å². The highest BCUT2D eigenvalue weighted by molar-refractivity contribution is 7.99. The minimum Gasteiger partial charge on any atom is -0.394 e. The van der Waals surface area contributed by atoms with Crippen molar-refractivity contribution in [3.63, 3.8) is 0 Å². The standard InChI is InChI=1S/C17H15N3O5S/c21-9-11(22)10-26-17-18-13-6-2-1-5-12(13)16(23)19(17)14-7-3-4-8-15(14)20(24)25/h1-8,11,21-22H,9-10H2. The van der Waals surface area contributed by atoms with Crippen LogP contribution in [0.1, 0.15) is 0 Å². The second kappa shape index (κ2) is 7.65. The van der Waals surface area contributed by atoms with E-state index < -0.39 is 23.2 Å². The van der Waals surface area contributed by atoms with Gasteiger partial charge in [-0.15, -0.1) is 0 Å². The highest BCUT2D eigenvalue weighted by Gasteiger charge is 2.21. The highest BCUT2D eigenvalue weighted by Crippen LogP contribution is 2.27. The van der Waals surface area contributed by atoms with Crippen molar-refractivity contribution in [2.45, 2.75) is 11.3 Å². The minimum absolute atomic E-state index is 0.0852. The third-order valence-corrected chi connectivity index (χ3v) is 4.76. The highest BCUT2D eigenvalue weighted by atomic mass is 32.2. The predicted octanol–water partition coefficient (Wildman–Crippen LogP) is 1.74. The number of hydrogen-bond acceptors (Lipinski definition) is 7. The molecule has 0 radical (unpaired) electrons. The van der Waals surface area contributed by atoms with Crippen LogP contribution in [0, 0.1) is 10.1 Å². The molecule has 0 fully saturated rings. The number of benzene rings is 2. The Kier molecular flexibility index (Phi) is 5.31. The Bertz CT molecular complexity index is 1020. The van der Waals surface area contributed by atoms with E-state index in [9.17, 15) is 20.0 Å². The normalized spacial score (nSPS) is 12.2. The number of nitro benzene ring substituents is 1. The topological polar surface area (TPSA) is 118 Å². The molecule has 8 nitrogen and oxygen atoms in total. The van der Waals surface area contributed by atoms with Crippen LogP contribution in [0.15, 0.2) is 58.5 Å². The van der Waals surface area contributed by atoms with Gasteiger partial charge in [0.25, 0.3) is 11.2 Å². The van der Waals surface area contributed by atoms with Gasteiger partial charge in [0, 0.05) is 11.8 Å². The molecule has 3 rings (SSSR count). The summed E-state index contributed by atoms with van der Waals surface area (Å²) in [7, 11) is 0. The summed E-state index contributed by atoms with van der Waals surface area (Å²) < 4.78 is 1.18. The van der Waals surface area contributed by atoms with Gasteiger partial charge in [0.05, 0.1) is 28.5 Å². The fraction of sp³-hybridized carbons (Fsp3) is 0.176. The zero-order valence-corrected chi connectivity index (χ0v) is 14.3. The van der Waals surface area contributed by atoms with Crippen LogP contribution in [0.4, 0.5) is 5.69 Å². The number of para-hydroxylation sites is 3. The first-order valence-electron chi connectivity index (χ1n) is 7.70. The molecule has 2 aromatic carbocycles. The number of aromatic nitrogens is 2. The Hall–Kier alpha value is -2.75. The summed E-state index contributed by atoms with van der Waals surface area (Å²) in [6, 6.07) is 12.6. The lowest BCUT2D eigenvalue weighted by Gasteiger charge is -2.14. The molecule has 1 heterocycles. The summed E-state index contributed by atoms with van der Waals surface area (Å²) >= 11 is 1.04. The van der Waals surface area contributed by atoms with Crippen molar-refractivity contribution in [2.75, 3.05) is 12.4 Å². The summed E-state index contributed by atoms with van der Waals surface area (Å²) in [6.07, 6.45) is -0.998. The van der Waals surface area contributed by atoms with Gasteiger partial charge in [0.1, 0.15) is 5.69 Å². The number of hydrogen-bond donors (Lipinski definition) is 2. The quantitative estimate of drug-likeness (QED) is 0.292. The van der Waals surface area contributed by atoms with E-state index in [1.54, 1.807) is 30.3 Å². The molecule has 0 spiro atoms. The number of nitro groups is 1. The Morgan fingerprint density at radius 1 is 1.19 bits per heavy atom. The number of aliphatic hydroxyl groups is 2. The molecule has 0 saturated heterocycles. The maximum Gasteiger partial charge on any atom is 0.293 e. The van der Waals surface area contributed by atoms with Gasteiger partial charge in [-0.05, 0) is 18.2 Å². The summed E-state index contributed by atoms with van der Waals surface area (Å²) in [5.41, 5.74) is -0.114. The molecule has 26 heavy (non-hydrogen) atoms. The second-order valence-electron chi connectivity index (χ2n) is 5.45. The summed E-state index contributed by atoms with van der Waals surface area (Å²) in [6.45, 7) is -0.434. The molecule has 3 aromatic rings. The largest absolute Gasteiger partial charge is 0.394 e. The van der Waals surface area contributed by atoms with Crippen LogP contribution in [0.2, 0.25) is 0 Å². The van der Waals surface area contributed by atoms with Crippen LogP contribution in [0.3, 0.4) is 0 Å². The molecule has 0 aliphatic rings. The van der Waals surface area contributed by atoms with Crippen molar-refractivity contribution in [2.24, 2.45) is 0 Å². The SMILES string of the molecule is O=c1c2ccccc2nc(SCC(O)CO)n1-c1ccccc1[N+](=O)[O-]. The summed E-state index contributed by atoms with van der Waals surface area (Å²) in [5.74, 6) is 0.0852. The van der Waals surface area contributed by atoms with Gasteiger partial charge in [-0.2, -0.15) is 0 Å². The van der Waals surface area contributed by atoms with Gasteiger partial charge >= 0.3 is 0 Å². The zero-order valence-electron chi connectivity index (χ0n) is 13.5. The molecule has 134 valence electrons. The number of thioether (sulfide) groups is 1. The Balaban J connectivity index is 2.27. The minimum atomic E-state index is -0.998. The predicted molar refractivity (Wildman–Crippen MR) is 97.8 cm³/mol. The molecule has 0 bridgehead atoms. The van der Waals surface area contributed by atoms with Crippen LogP contribution in [-0.2, 0) is 0 Å². The first kappa shape index (κ1) is 18.1. The van der Waals surface area contributed by atoms with Crippen LogP contribution < -0.4 is 5.56 Å². The first-order chi connectivity index (χ1) is 12.5. The molecule has 1 atom stereocenters. The first-order valence-corrected chi connectivity index (χ1v) is 8.68. The van der Waals surface area contributed by atoms with Gasteiger partial charge in [-0.1, -0.05) is 36.0 Å². The lowest BCUT2D eigenvalue weighted by atomic mass is 10.2. The van der Waals surface area contributed by atoms with E-state index >= 15 is 0 Å². The number of rotatable bonds is 6. The van der Waals surface area contributed by atoms with E-state index in [1.165, 1.54) is 22.8 Å². The summed E-state index contributed by atoms with van der Waals surface area (Å²) in [5, 5.41) is 30.5. The van der Waals surface area contributed by atoms with Gasteiger partial charge in [-0.3, -0.25) is 14.9 Å².